The van der Waals surface area contributed by atoms with Crippen LogP contribution in [0, 0.1) is 17.2 Å². The van der Waals surface area contributed by atoms with Gasteiger partial charge in [-0.2, -0.15) is 5.26 Å². The van der Waals surface area contributed by atoms with Gasteiger partial charge in [0, 0.05) is 17.2 Å². The van der Waals surface area contributed by atoms with Crippen molar-refractivity contribution in [3.63, 3.8) is 0 Å². The topological polar surface area (TPSA) is 105 Å². The van der Waals surface area contributed by atoms with Crippen molar-refractivity contribution in [2.24, 2.45) is 5.92 Å². The smallest absolute Gasteiger partial charge is 0.349 e. The molecule has 154 valence electrons. The molecule has 1 N–H and O–H groups in total. The number of carbonyl (C=O) groups excluding carboxylic acids is 3. The summed E-state index contributed by atoms with van der Waals surface area (Å²) in [6.45, 7) is 3.05. The molecule has 0 atom stereocenters. The quantitative estimate of drug-likeness (QED) is 0.311. The molecule has 0 aliphatic rings. The van der Waals surface area contributed by atoms with Gasteiger partial charge in [0.2, 0.25) is 5.91 Å². The summed E-state index contributed by atoms with van der Waals surface area (Å²) >= 11 is 0. The molecule has 0 radical (unpaired) electrons. The van der Waals surface area contributed by atoms with Crippen molar-refractivity contribution >= 4 is 29.4 Å². The fourth-order valence-corrected chi connectivity index (χ4v) is 2.32. The molecule has 0 saturated carbocycles. The van der Waals surface area contributed by atoms with E-state index in [4.69, 9.17) is 9.47 Å². The standard InChI is InChI=1S/C23H22N2O5/c1-15(2)22(27)25-19-8-6-17(7-9-19)21(26)14-30-23(28)18(13-24)12-16-4-10-20(29-3)11-5-16/h4-12,15H,14H2,1-3H3,(H,25,27)/b18-12+. The van der Waals surface area contributed by atoms with Crippen molar-refractivity contribution in [1.29, 1.82) is 5.26 Å². The predicted octanol–water partition coefficient (Wildman–Crippen LogP) is 3.62. The lowest BCUT2D eigenvalue weighted by atomic mass is 10.1. The van der Waals surface area contributed by atoms with Gasteiger partial charge < -0.3 is 14.8 Å². The second kappa shape index (κ2) is 10.6. The van der Waals surface area contributed by atoms with E-state index in [0.29, 0.717) is 22.6 Å². The number of anilines is 1. The minimum absolute atomic E-state index is 0.129. The number of ketones is 1. The Morgan fingerprint density at radius 3 is 2.23 bits per heavy atom. The summed E-state index contributed by atoms with van der Waals surface area (Å²) in [6.07, 6.45) is 1.37. The van der Waals surface area contributed by atoms with Crippen molar-refractivity contribution in [2.45, 2.75) is 13.8 Å². The summed E-state index contributed by atoms with van der Waals surface area (Å²) in [5, 5.41) is 11.9. The predicted molar refractivity (Wildman–Crippen MR) is 112 cm³/mol. The Hall–Kier alpha value is -3.92. The van der Waals surface area contributed by atoms with Crippen molar-refractivity contribution in [3.8, 4) is 11.8 Å². The van der Waals surface area contributed by atoms with Crippen LogP contribution in [0.25, 0.3) is 6.08 Å². The van der Waals surface area contributed by atoms with Gasteiger partial charge in [-0.05, 0) is 48.0 Å². The van der Waals surface area contributed by atoms with E-state index in [2.05, 4.69) is 5.32 Å². The van der Waals surface area contributed by atoms with Crippen molar-refractivity contribution in [2.75, 3.05) is 19.0 Å². The number of methoxy groups -OCH3 is 1. The third-order valence-electron chi connectivity index (χ3n) is 4.10. The highest BCUT2D eigenvalue weighted by molar-refractivity contribution is 6.02. The average molecular weight is 406 g/mol. The number of nitrogens with zero attached hydrogens (tertiary/aromatic N) is 1. The fourth-order valence-electron chi connectivity index (χ4n) is 2.32. The second-order valence-corrected chi connectivity index (χ2v) is 6.66. The first-order valence-corrected chi connectivity index (χ1v) is 9.21. The maximum absolute atomic E-state index is 12.2. The SMILES string of the molecule is COc1ccc(/C=C(\C#N)C(=O)OCC(=O)c2ccc(NC(=O)C(C)C)cc2)cc1. The Morgan fingerprint density at radius 1 is 1.07 bits per heavy atom. The zero-order chi connectivity index (χ0) is 22.1. The molecule has 0 saturated heterocycles. The van der Waals surface area contributed by atoms with Crippen molar-refractivity contribution < 1.29 is 23.9 Å². The number of carbonyl (C=O) groups is 3. The van der Waals surface area contributed by atoms with E-state index in [1.54, 1.807) is 56.3 Å². The van der Waals surface area contributed by atoms with Crippen LogP contribution in [0.4, 0.5) is 5.69 Å². The van der Waals surface area contributed by atoms with Gasteiger partial charge in [0.25, 0.3) is 0 Å². The van der Waals surface area contributed by atoms with Gasteiger partial charge in [0.1, 0.15) is 17.4 Å². The number of benzene rings is 2. The molecule has 2 aromatic rings. The van der Waals surface area contributed by atoms with Crippen LogP contribution in [0.2, 0.25) is 0 Å². The van der Waals surface area contributed by atoms with Gasteiger partial charge in [0.05, 0.1) is 7.11 Å². The molecule has 1 amide bonds. The zero-order valence-electron chi connectivity index (χ0n) is 17.0. The summed E-state index contributed by atoms with van der Waals surface area (Å²) in [6, 6.07) is 14.8. The zero-order valence-corrected chi connectivity index (χ0v) is 17.0. The fraction of sp³-hybridized carbons (Fsp3) is 0.217. The average Bonchev–Trinajstić information content (AvgIpc) is 2.76. The van der Waals surface area contributed by atoms with E-state index in [9.17, 15) is 19.6 Å². The number of esters is 1. The molecular formula is C23H22N2O5. The van der Waals surface area contributed by atoms with Crippen LogP contribution in [0.5, 0.6) is 5.75 Å². The largest absolute Gasteiger partial charge is 0.497 e. The molecular weight excluding hydrogens is 384 g/mol. The minimum atomic E-state index is -0.887. The van der Waals surface area contributed by atoms with Gasteiger partial charge in [-0.3, -0.25) is 9.59 Å². The van der Waals surface area contributed by atoms with E-state index in [1.807, 2.05) is 0 Å². The minimum Gasteiger partial charge on any atom is -0.497 e. The number of amides is 1. The Labute approximate surface area is 174 Å². The maximum atomic E-state index is 12.2. The molecule has 0 aliphatic carbocycles. The van der Waals surface area contributed by atoms with Crippen LogP contribution in [-0.2, 0) is 14.3 Å². The maximum Gasteiger partial charge on any atom is 0.349 e. The first-order valence-electron chi connectivity index (χ1n) is 9.21. The number of ether oxygens (including phenoxy) is 2. The molecule has 0 aromatic heterocycles. The highest BCUT2D eigenvalue weighted by Gasteiger charge is 2.15. The van der Waals surface area contributed by atoms with E-state index in [0.717, 1.165) is 0 Å². The van der Waals surface area contributed by atoms with Gasteiger partial charge in [-0.1, -0.05) is 26.0 Å². The van der Waals surface area contributed by atoms with Crippen LogP contribution < -0.4 is 10.1 Å². The molecule has 0 bridgehead atoms. The Balaban J connectivity index is 1.96. The number of hydrogen-bond acceptors (Lipinski definition) is 6. The number of rotatable bonds is 8. The van der Waals surface area contributed by atoms with Crippen LogP contribution in [0.15, 0.2) is 54.1 Å². The summed E-state index contributed by atoms with van der Waals surface area (Å²) < 4.78 is 10.0. The Kier molecular flexibility index (Phi) is 7.89. The number of nitriles is 1. The van der Waals surface area contributed by atoms with Crippen LogP contribution >= 0.6 is 0 Å². The molecule has 0 aliphatic heterocycles. The lowest BCUT2D eigenvalue weighted by Gasteiger charge is -2.08. The summed E-state index contributed by atoms with van der Waals surface area (Å²) in [5.41, 5.74) is 1.29. The highest BCUT2D eigenvalue weighted by Crippen LogP contribution is 2.15. The molecule has 0 heterocycles. The summed E-state index contributed by atoms with van der Waals surface area (Å²) in [7, 11) is 1.54. The first-order chi connectivity index (χ1) is 14.3. The second-order valence-electron chi connectivity index (χ2n) is 6.66. The lowest BCUT2D eigenvalue weighted by Crippen LogP contribution is -2.18. The summed E-state index contributed by atoms with van der Waals surface area (Å²) in [5.74, 6) is -0.954. The van der Waals surface area contributed by atoms with Crippen LogP contribution in [0.1, 0.15) is 29.8 Å². The van der Waals surface area contributed by atoms with E-state index < -0.39 is 18.4 Å². The molecule has 0 unspecified atom stereocenters. The number of nitrogens with one attached hydrogen (secondary N) is 1. The van der Waals surface area contributed by atoms with Crippen molar-refractivity contribution in [3.05, 3.63) is 65.2 Å². The number of hydrogen-bond donors (Lipinski definition) is 1. The van der Waals surface area contributed by atoms with Crippen LogP contribution in [-0.4, -0.2) is 31.4 Å². The molecule has 2 rings (SSSR count). The lowest BCUT2D eigenvalue weighted by molar-refractivity contribution is -0.137. The third-order valence-corrected chi connectivity index (χ3v) is 4.10. The molecule has 7 heteroatoms. The number of Topliss-reactive ketones (excluding diaryl/α,β-unsaturated/α-hetero) is 1. The Bertz CT molecular complexity index is 984. The third kappa shape index (κ3) is 6.31. The van der Waals surface area contributed by atoms with Crippen molar-refractivity contribution in [1.82, 2.24) is 0 Å². The highest BCUT2D eigenvalue weighted by atomic mass is 16.5. The Morgan fingerprint density at radius 2 is 1.70 bits per heavy atom. The van der Waals surface area contributed by atoms with Gasteiger partial charge in [0.15, 0.2) is 12.4 Å². The normalized spacial score (nSPS) is 10.8. The molecule has 2 aromatic carbocycles. The van der Waals surface area contributed by atoms with E-state index in [1.165, 1.54) is 25.3 Å². The molecule has 0 spiro atoms. The van der Waals surface area contributed by atoms with E-state index >= 15 is 0 Å². The van der Waals surface area contributed by atoms with Crippen LogP contribution in [0.3, 0.4) is 0 Å². The molecule has 30 heavy (non-hydrogen) atoms. The molecule has 7 nitrogen and oxygen atoms in total. The van der Waals surface area contributed by atoms with Gasteiger partial charge in [-0.15, -0.1) is 0 Å². The van der Waals surface area contributed by atoms with E-state index in [-0.39, 0.29) is 17.4 Å². The molecule has 0 fully saturated rings. The monoisotopic (exact) mass is 406 g/mol. The first kappa shape index (κ1) is 22.4. The summed E-state index contributed by atoms with van der Waals surface area (Å²) in [4.78, 5) is 36.1. The van der Waals surface area contributed by atoms with Gasteiger partial charge >= 0.3 is 5.97 Å². The van der Waals surface area contributed by atoms with Gasteiger partial charge in [-0.25, -0.2) is 4.79 Å².